The standard InChI is InChI=1S/C13H15N3/c14-13(5-6-13)9-3-4-10-11(8-9)16-7-1-2-12(16)15-10/h3-4,8H,1-2,5-7,14H2. The number of hydrogen-bond donors (Lipinski definition) is 1. The lowest BCUT2D eigenvalue weighted by molar-refractivity contribution is 0.737. The van der Waals surface area contributed by atoms with E-state index in [2.05, 4.69) is 27.8 Å². The Morgan fingerprint density at radius 2 is 2.19 bits per heavy atom. The molecule has 0 atom stereocenters. The van der Waals surface area contributed by atoms with Gasteiger partial charge in [0.1, 0.15) is 5.82 Å². The third-order valence-corrected chi connectivity index (χ3v) is 3.97. The topological polar surface area (TPSA) is 43.8 Å². The molecule has 1 aromatic carbocycles. The number of aryl methyl sites for hydroxylation is 2. The Hall–Kier alpha value is -1.35. The molecule has 1 aliphatic heterocycles. The van der Waals surface area contributed by atoms with Crippen molar-refractivity contribution in [1.82, 2.24) is 9.55 Å². The first-order valence-corrected chi connectivity index (χ1v) is 6.05. The van der Waals surface area contributed by atoms with Crippen molar-refractivity contribution in [2.45, 2.75) is 37.8 Å². The van der Waals surface area contributed by atoms with Crippen LogP contribution in [0.5, 0.6) is 0 Å². The van der Waals surface area contributed by atoms with Crippen LogP contribution in [0.25, 0.3) is 11.0 Å². The molecule has 2 aromatic rings. The van der Waals surface area contributed by atoms with Gasteiger partial charge in [0.05, 0.1) is 11.0 Å². The maximum absolute atomic E-state index is 6.24. The SMILES string of the molecule is NC1(c2ccc3nc4n(c3c2)CCC4)CC1. The molecular weight excluding hydrogens is 198 g/mol. The first-order chi connectivity index (χ1) is 7.76. The smallest absolute Gasteiger partial charge is 0.109 e. The summed E-state index contributed by atoms with van der Waals surface area (Å²) in [6.45, 7) is 1.12. The maximum atomic E-state index is 6.24. The van der Waals surface area contributed by atoms with Gasteiger partial charge in [-0.05, 0) is 37.0 Å². The van der Waals surface area contributed by atoms with Gasteiger partial charge in [0.15, 0.2) is 0 Å². The van der Waals surface area contributed by atoms with Gasteiger partial charge in [-0.25, -0.2) is 4.98 Å². The summed E-state index contributed by atoms with van der Waals surface area (Å²) in [5.74, 6) is 1.24. The summed E-state index contributed by atoms with van der Waals surface area (Å²) >= 11 is 0. The number of nitrogens with zero attached hydrogens (tertiary/aromatic N) is 2. The summed E-state index contributed by atoms with van der Waals surface area (Å²) in [5.41, 5.74) is 9.91. The highest BCUT2D eigenvalue weighted by atomic mass is 15.1. The highest BCUT2D eigenvalue weighted by Gasteiger charge is 2.40. The third-order valence-electron chi connectivity index (χ3n) is 3.97. The Morgan fingerprint density at radius 3 is 3.00 bits per heavy atom. The minimum Gasteiger partial charge on any atom is -0.328 e. The van der Waals surface area contributed by atoms with E-state index in [0.717, 1.165) is 31.3 Å². The molecule has 1 aromatic heterocycles. The number of imidazole rings is 1. The van der Waals surface area contributed by atoms with Crippen LogP contribution in [0.4, 0.5) is 0 Å². The van der Waals surface area contributed by atoms with E-state index < -0.39 is 0 Å². The van der Waals surface area contributed by atoms with Crippen LogP contribution in [0.15, 0.2) is 18.2 Å². The molecule has 1 fully saturated rings. The third kappa shape index (κ3) is 1.04. The van der Waals surface area contributed by atoms with Crippen molar-refractivity contribution in [3.63, 3.8) is 0 Å². The van der Waals surface area contributed by atoms with Crippen LogP contribution in [0.2, 0.25) is 0 Å². The van der Waals surface area contributed by atoms with Crippen molar-refractivity contribution in [1.29, 1.82) is 0 Å². The predicted octanol–water partition coefficient (Wildman–Crippen LogP) is 1.93. The van der Waals surface area contributed by atoms with Gasteiger partial charge in [-0.1, -0.05) is 6.07 Å². The average Bonchev–Trinajstić information content (AvgIpc) is 2.76. The Balaban J connectivity index is 1.96. The second kappa shape index (κ2) is 2.66. The lowest BCUT2D eigenvalue weighted by Gasteiger charge is -2.09. The van der Waals surface area contributed by atoms with Gasteiger partial charge >= 0.3 is 0 Å². The molecule has 2 heterocycles. The molecule has 2 aliphatic rings. The highest BCUT2D eigenvalue weighted by Crippen LogP contribution is 2.43. The van der Waals surface area contributed by atoms with Crippen LogP contribution in [0.3, 0.4) is 0 Å². The fourth-order valence-electron chi connectivity index (χ4n) is 2.74. The molecule has 4 rings (SSSR count). The summed E-state index contributed by atoms with van der Waals surface area (Å²) < 4.78 is 2.35. The molecule has 1 saturated carbocycles. The molecule has 0 saturated heterocycles. The van der Waals surface area contributed by atoms with Crippen LogP contribution in [0.1, 0.15) is 30.7 Å². The largest absolute Gasteiger partial charge is 0.328 e. The molecule has 0 spiro atoms. The molecule has 3 heteroatoms. The van der Waals surface area contributed by atoms with Crippen molar-refractivity contribution in [2.24, 2.45) is 5.73 Å². The van der Waals surface area contributed by atoms with Gasteiger partial charge in [0.25, 0.3) is 0 Å². The number of hydrogen-bond acceptors (Lipinski definition) is 2. The van der Waals surface area contributed by atoms with Crippen molar-refractivity contribution in [3.8, 4) is 0 Å². The van der Waals surface area contributed by atoms with Crippen molar-refractivity contribution in [2.75, 3.05) is 0 Å². The van der Waals surface area contributed by atoms with Gasteiger partial charge in [-0.2, -0.15) is 0 Å². The average molecular weight is 213 g/mol. The van der Waals surface area contributed by atoms with E-state index in [0.29, 0.717) is 0 Å². The first kappa shape index (κ1) is 8.76. The maximum Gasteiger partial charge on any atom is 0.109 e. The van der Waals surface area contributed by atoms with E-state index in [-0.39, 0.29) is 5.54 Å². The molecule has 1 aliphatic carbocycles. The summed E-state index contributed by atoms with van der Waals surface area (Å²) in [4.78, 5) is 4.66. The molecule has 0 radical (unpaired) electrons. The predicted molar refractivity (Wildman–Crippen MR) is 63.2 cm³/mol. The minimum absolute atomic E-state index is 0.0303. The quantitative estimate of drug-likeness (QED) is 0.786. The molecule has 0 unspecified atom stereocenters. The molecule has 0 bridgehead atoms. The molecule has 82 valence electrons. The number of nitrogens with two attached hydrogens (primary N) is 1. The van der Waals surface area contributed by atoms with Crippen molar-refractivity contribution < 1.29 is 0 Å². The zero-order chi connectivity index (χ0) is 10.8. The summed E-state index contributed by atoms with van der Waals surface area (Å²) in [5, 5.41) is 0. The van der Waals surface area contributed by atoms with Crippen LogP contribution >= 0.6 is 0 Å². The zero-order valence-electron chi connectivity index (χ0n) is 9.24. The second-order valence-corrected chi connectivity index (χ2v) is 5.14. The van der Waals surface area contributed by atoms with Gasteiger partial charge < -0.3 is 10.3 Å². The second-order valence-electron chi connectivity index (χ2n) is 5.14. The lowest BCUT2D eigenvalue weighted by atomic mass is 10.1. The molecule has 0 amide bonds. The fraction of sp³-hybridized carbons (Fsp3) is 0.462. The van der Waals surface area contributed by atoms with Crippen LogP contribution in [-0.2, 0) is 18.5 Å². The number of rotatable bonds is 1. The molecular formula is C13H15N3. The van der Waals surface area contributed by atoms with E-state index in [1.807, 2.05) is 0 Å². The molecule has 3 nitrogen and oxygen atoms in total. The van der Waals surface area contributed by atoms with Gasteiger partial charge in [0.2, 0.25) is 0 Å². The molecule has 16 heavy (non-hydrogen) atoms. The lowest BCUT2D eigenvalue weighted by Crippen LogP contribution is -2.18. The number of fused-ring (bicyclic) bond motifs is 3. The number of aromatic nitrogens is 2. The van der Waals surface area contributed by atoms with Crippen molar-refractivity contribution in [3.05, 3.63) is 29.6 Å². The normalized spacial score (nSPS) is 21.3. The summed E-state index contributed by atoms with van der Waals surface area (Å²) in [7, 11) is 0. The summed E-state index contributed by atoms with van der Waals surface area (Å²) in [6.07, 6.45) is 4.60. The van der Waals surface area contributed by atoms with E-state index in [1.165, 1.54) is 23.3 Å². The van der Waals surface area contributed by atoms with Gasteiger partial charge in [-0.15, -0.1) is 0 Å². The van der Waals surface area contributed by atoms with E-state index >= 15 is 0 Å². The van der Waals surface area contributed by atoms with Crippen molar-refractivity contribution >= 4 is 11.0 Å². The van der Waals surface area contributed by atoms with E-state index in [4.69, 9.17) is 5.73 Å². The van der Waals surface area contributed by atoms with Crippen LogP contribution in [0, 0.1) is 0 Å². The summed E-state index contributed by atoms with van der Waals surface area (Å²) in [6, 6.07) is 6.53. The minimum atomic E-state index is -0.0303. The Bertz CT molecular complexity index is 578. The Labute approximate surface area is 94.3 Å². The van der Waals surface area contributed by atoms with Crippen LogP contribution in [-0.4, -0.2) is 9.55 Å². The fourth-order valence-corrected chi connectivity index (χ4v) is 2.74. The monoisotopic (exact) mass is 213 g/mol. The Morgan fingerprint density at radius 1 is 1.31 bits per heavy atom. The zero-order valence-corrected chi connectivity index (χ0v) is 9.24. The first-order valence-electron chi connectivity index (χ1n) is 6.05. The van der Waals surface area contributed by atoms with E-state index in [1.54, 1.807) is 0 Å². The van der Waals surface area contributed by atoms with Gasteiger partial charge in [0, 0.05) is 18.5 Å². The van der Waals surface area contributed by atoms with Gasteiger partial charge in [-0.3, -0.25) is 0 Å². The number of benzene rings is 1. The molecule has 2 N–H and O–H groups in total. The Kier molecular flexibility index (Phi) is 1.46. The highest BCUT2D eigenvalue weighted by molar-refractivity contribution is 5.77. The van der Waals surface area contributed by atoms with Crippen LogP contribution < -0.4 is 5.73 Å². The van der Waals surface area contributed by atoms with E-state index in [9.17, 15) is 0 Å².